The predicted octanol–water partition coefficient (Wildman–Crippen LogP) is 3.31. The highest BCUT2D eigenvalue weighted by Crippen LogP contribution is 2.50. The first-order valence-electron chi connectivity index (χ1n) is 12.3. The number of benzene rings is 1. The van der Waals surface area contributed by atoms with Crippen LogP contribution in [0.1, 0.15) is 44.0 Å². The number of likely N-dealkylation sites (tertiary alicyclic amines) is 1. The van der Waals surface area contributed by atoms with Crippen LogP contribution in [-0.4, -0.2) is 53.8 Å². The molecule has 10 heteroatoms. The molecule has 1 aromatic carbocycles. The molecule has 2 aliphatic rings. The maximum atomic E-state index is 12.5. The molecule has 0 spiro atoms. The standard InChI is InChI=1S/C26H28N8O2/c1-26(21-8-9-21,20-6-4-17(5-7-20)18-12-28-25(27)29-13-18)24-31-23(36-32-24)19-14-30-34(15-19)16-22(35)33-10-2-3-11-33/h4-7,12-15,21H,2-3,8-11,16H2,1H3,(H2,27,28,29)/t26-/m0/s1. The van der Waals surface area contributed by atoms with E-state index in [1.54, 1.807) is 29.5 Å². The Balaban J connectivity index is 1.23. The molecule has 3 aromatic heterocycles. The zero-order valence-electron chi connectivity index (χ0n) is 20.2. The van der Waals surface area contributed by atoms with Gasteiger partial charge in [0, 0.05) is 37.2 Å². The second-order valence-electron chi connectivity index (χ2n) is 9.82. The number of amides is 1. The molecule has 4 aromatic rings. The number of rotatable bonds is 7. The first-order chi connectivity index (χ1) is 17.5. The van der Waals surface area contributed by atoms with Gasteiger partial charge in [-0.05, 0) is 49.7 Å². The fraction of sp³-hybridized carbons (Fsp3) is 0.385. The molecule has 1 amide bonds. The van der Waals surface area contributed by atoms with Crippen LogP contribution < -0.4 is 5.73 Å². The minimum Gasteiger partial charge on any atom is -0.368 e. The van der Waals surface area contributed by atoms with Crippen molar-refractivity contribution in [3.05, 3.63) is 60.4 Å². The van der Waals surface area contributed by atoms with E-state index in [1.807, 2.05) is 4.90 Å². The minimum atomic E-state index is -0.375. The summed E-state index contributed by atoms with van der Waals surface area (Å²) in [7, 11) is 0. The van der Waals surface area contributed by atoms with E-state index in [0.29, 0.717) is 23.2 Å². The van der Waals surface area contributed by atoms with Crippen LogP contribution >= 0.6 is 0 Å². The molecule has 184 valence electrons. The Morgan fingerprint density at radius 1 is 1.06 bits per heavy atom. The third kappa shape index (κ3) is 4.12. The average Bonchev–Trinajstić information content (AvgIpc) is 3.29. The van der Waals surface area contributed by atoms with Gasteiger partial charge in [-0.2, -0.15) is 10.1 Å². The van der Waals surface area contributed by atoms with Crippen molar-refractivity contribution in [1.29, 1.82) is 0 Å². The summed E-state index contributed by atoms with van der Waals surface area (Å²) in [5, 5.41) is 8.74. The number of nitrogen functional groups attached to an aromatic ring is 1. The topological polar surface area (TPSA) is 129 Å². The zero-order chi connectivity index (χ0) is 24.7. The van der Waals surface area contributed by atoms with Gasteiger partial charge in [0.15, 0.2) is 5.82 Å². The number of anilines is 1. The lowest BCUT2D eigenvalue weighted by atomic mass is 9.77. The third-order valence-electron chi connectivity index (χ3n) is 7.41. The van der Waals surface area contributed by atoms with Crippen LogP contribution in [0.15, 0.2) is 53.6 Å². The van der Waals surface area contributed by atoms with Gasteiger partial charge in [0.05, 0.1) is 17.2 Å². The molecule has 6 rings (SSSR count). The van der Waals surface area contributed by atoms with Crippen molar-refractivity contribution in [2.75, 3.05) is 18.8 Å². The summed E-state index contributed by atoms with van der Waals surface area (Å²) in [4.78, 5) is 27.3. The lowest BCUT2D eigenvalue weighted by Gasteiger charge is -2.27. The first kappa shape index (κ1) is 22.4. The highest BCUT2D eigenvalue weighted by molar-refractivity contribution is 5.76. The van der Waals surface area contributed by atoms with E-state index in [0.717, 1.165) is 55.5 Å². The number of nitrogens with two attached hydrogens (primary N) is 1. The molecule has 0 unspecified atom stereocenters. The normalized spacial score (nSPS) is 17.3. The molecule has 1 atom stereocenters. The van der Waals surface area contributed by atoms with Crippen LogP contribution in [0.2, 0.25) is 0 Å². The Bertz CT molecular complexity index is 1370. The quantitative estimate of drug-likeness (QED) is 0.423. The van der Waals surface area contributed by atoms with E-state index in [2.05, 4.69) is 51.4 Å². The summed E-state index contributed by atoms with van der Waals surface area (Å²) >= 11 is 0. The van der Waals surface area contributed by atoms with E-state index < -0.39 is 0 Å². The fourth-order valence-corrected chi connectivity index (χ4v) is 5.02. The first-order valence-corrected chi connectivity index (χ1v) is 12.3. The highest BCUT2D eigenvalue weighted by atomic mass is 16.5. The van der Waals surface area contributed by atoms with Crippen molar-refractivity contribution >= 4 is 11.9 Å². The Morgan fingerprint density at radius 2 is 1.78 bits per heavy atom. The Labute approximate surface area is 208 Å². The molecule has 1 aliphatic heterocycles. The Hall–Kier alpha value is -4.08. The molecular weight excluding hydrogens is 456 g/mol. The molecule has 4 heterocycles. The maximum Gasteiger partial charge on any atom is 0.261 e. The molecule has 2 N–H and O–H groups in total. The molecule has 1 aliphatic carbocycles. The lowest BCUT2D eigenvalue weighted by Crippen LogP contribution is -2.31. The van der Waals surface area contributed by atoms with E-state index in [4.69, 9.17) is 15.2 Å². The monoisotopic (exact) mass is 484 g/mol. The van der Waals surface area contributed by atoms with E-state index >= 15 is 0 Å². The molecule has 36 heavy (non-hydrogen) atoms. The van der Waals surface area contributed by atoms with Crippen LogP contribution in [0.4, 0.5) is 5.95 Å². The summed E-state index contributed by atoms with van der Waals surface area (Å²) < 4.78 is 7.32. The summed E-state index contributed by atoms with van der Waals surface area (Å²) in [5.74, 6) is 1.85. The molecular formula is C26H28N8O2. The number of aromatic nitrogens is 6. The van der Waals surface area contributed by atoms with Crippen LogP contribution in [0, 0.1) is 5.92 Å². The van der Waals surface area contributed by atoms with Crippen molar-refractivity contribution in [3.8, 4) is 22.6 Å². The average molecular weight is 485 g/mol. The fourth-order valence-electron chi connectivity index (χ4n) is 5.02. The van der Waals surface area contributed by atoms with Crippen molar-refractivity contribution < 1.29 is 9.32 Å². The molecule has 2 fully saturated rings. The maximum absolute atomic E-state index is 12.5. The zero-order valence-corrected chi connectivity index (χ0v) is 20.2. The van der Waals surface area contributed by atoms with Crippen molar-refractivity contribution in [3.63, 3.8) is 0 Å². The second-order valence-corrected chi connectivity index (χ2v) is 9.82. The second kappa shape index (κ2) is 8.85. The van der Waals surface area contributed by atoms with Gasteiger partial charge in [0.25, 0.3) is 5.89 Å². The molecule has 1 saturated heterocycles. The van der Waals surface area contributed by atoms with Crippen LogP contribution in [0.5, 0.6) is 0 Å². The van der Waals surface area contributed by atoms with Gasteiger partial charge in [-0.1, -0.05) is 29.4 Å². The highest BCUT2D eigenvalue weighted by Gasteiger charge is 2.47. The van der Waals surface area contributed by atoms with Gasteiger partial charge in [-0.3, -0.25) is 9.48 Å². The van der Waals surface area contributed by atoms with Crippen molar-refractivity contribution in [2.24, 2.45) is 5.92 Å². The van der Waals surface area contributed by atoms with Crippen molar-refractivity contribution in [2.45, 2.75) is 44.6 Å². The number of carbonyl (C=O) groups is 1. The predicted molar refractivity (Wildman–Crippen MR) is 132 cm³/mol. The third-order valence-corrected chi connectivity index (χ3v) is 7.41. The number of hydrogen-bond donors (Lipinski definition) is 1. The molecule has 0 radical (unpaired) electrons. The van der Waals surface area contributed by atoms with E-state index in [1.165, 1.54) is 0 Å². The van der Waals surface area contributed by atoms with Crippen molar-refractivity contribution in [1.82, 2.24) is 34.8 Å². The van der Waals surface area contributed by atoms with Gasteiger partial charge >= 0.3 is 0 Å². The van der Waals surface area contributed by atoms with Gasteiger partial charge < -0.3 is 15.2 Å². The summed E-state index contributed by atoms with van der Waals surface area (Å²) in [5.41, 5.74) is 9.00. The smallest absolute Gasteiger partial charge is 0.261 e. The summed E-state index contributed by atoms with van der Waals surface area (Å²) in [6.45, 7) is 4.05. The molecule has 10 nitrogen and oxygen atoms in total. The SMILES string of the molecule is C[C@@](c1ccc(-c2cnc(N)nc2)cc1)(c1noc(-c2cnn(CC(=O)N3CCCC3)c2)n1)C1CC1. The van der Waals surface area contributed by atoms with Crippen LogP contribution in [0.3, 0.4) is 0 Å². The number of hydrogen-bond acceptors (Lipinski definition) is 8. The molecule has 1 saturated carbocycles. The number of nitrogens with zero attached hydrogens (tertiary/aromatic N) is 7. The van der Waals surface area contributed by atoms with Gasteiger partial charge in [-0.15, -0.1) is 0 Å². The lowest BCUT2D eigenvalue weighted by molar-refractivity contribution is -0.130. The minimum absolute atomic E-state index is 0.0867. The van der Waals surface area contributed by atoms with Crippen LogP contribution in [0.25, 0.3) is 22.6 Å². The summed E-state index contributed by atoms with van der Waals surface area (Å²) in [6, 6.07) is 8.35. The Kier molecular flexibility index (Phi) is 5.50. The van der Waals surface area contributed by atoms with Gasteiger partial charge in [0.2, 0.25) is 11.9 Å². The van der Waals surface area contributed by atoms with Crippen LogP contribution in [-0.2, 0) is 16.8 Å². The molecule has 0 bridgehead atoms. The van der Waals surface area contributed by atoms with E-state index in [-0.39, 0.29) is 23.8 Å². The van der Waals surface area contributed by atoms with Gasteiger partial charge in [-0.25, -0.2) is 9.97 Å². The van der Waals surface area contributed by atoms with Gasteiger partial charge in [0.1, 0.15) is 6.54 Å². The Morgan fingerprint density at radius 3 is 2.47 bits per heavy atom. The summed E-state index contributed by atoms with van der Waals surface area (Å²) in [6.07, 6.45) is 11.3. The van der Waals surface area contributed by atoms with E-state index in [9.17, 15) is 4.79 Å². The largest absolute Gasteiger partial charge is 0.368 e. The number of carbonyl (C=O) groups excluding carboxylic acids is 1.